The molecule has 0 aliphatic carbocycles. The third-order valence-electron chi connectivity index (χ3n) is 2.98. The van der Waals surface area contributed by atoms with Crippen LogP contribution in [0.2, 0.25) is 5.02 Å². The molecule has 0 aliphatic heterocycles. The number of hydrogen-bond acceptors (Lipinski definition) is 4. The van der Waals surface area contributed by atoms with Crippen LogP contribution in [0, 0.1) is 0 Å². The van der Waals surface area contributed by atoms with E-state index in [1.54, 1.807) is 0 Å². The van der Waals surface area contributed by atoms with Crippen LogP contribution < -0.4 is 4.18 Å². The summed E-state index contributed by atoms with van der Waals surface area (Å²) in [7, 11) is -4.53. The summed E-state index contributed by atoms with van der Waals surface area (Å²) in [5.41, 5.74) is -1.08. The number of ketones is 1. The van der Waals surface area contributed by atoms with E-state index in [1.807, 2.05) is 0 Å². The maximum Gasteiger partial charge on any atom is 0.417 e. The quantitative estimate of drug-likeness (QED) is 0.587. The zero-order valence-electron chi connectivity index (χ0n) is 12.1. The first-order chi connectivity index (χ1) is 11.0. The van der Waals surface area contributed by atoms with Gasteiger partial charge in [-0.05, 0) is 37.3 Å². The Morgan fingerprint density at radius 1 is 1.12 bits per heavy atom. The Hall–Kier alpha value is -2.06. The highest BCUT2D eigenvalue weighted by Crippen LogP contribution is 2.36. The van der Waals surface area contributed by atoms with Gasteiger partial charge in [0.2, 0.25) is 0 Å². The van der Waals surface area contributed by atoms with Gasteiger partial charge in [0.05, 0.1) is 10.6 Å². The lowest BCUT2D eigenvalue weighted by Gasteiger charge is -2.12. The molecule has 0 saturated heterocycles. The molecule has 2 aromatic rings. The van der Waals surface area contributed by atoms with Crippen LogP contribution in [0.15, 0.2) is 47.4 Å². The van der Waals surface area contributed by atoms with Crippen molar-refractivity contribution >= 4 is 27.5 Å². The van der Waals surface area contributed by atoms with Crippen LogP contribution in [0.3, 0.4) is 0 Å². The highest BCUT2D eigenvalue weighted by atomic mass is 35.5. The van der Waals surface area contributed by atoms with E-state index < -0.39 is 31.8 Å². The highest BCUT2D eigenvalue weighted by molar-refractivity contribution is 7.87. The molecule has 0 aromatic heterocycles. The van der Waals surface area contributed by atoms with Gasteiger partial charge in [-0.2, -0.15) is 21.6 Å². The van der Waals surface area contributed by atoms with Crippen molar-refractivity contribution in [3.05, 3.63) is 58.6 Å². The Morgan fingerprint density at radius 2 is 1.79 bits per heavy atom. The predicted molar refractivity (Wildman–Crippen MR) is 80.7 cm³/mol. The van der Waals surface area contributed by atoms with Crippen molar-refractivity contribution in [1.29, 1.82) is 0 Å². The molecule has 128 valence electrons. The zero-order valence-corrected chi connectivity index (χ0v) is 13.7. The monoisotopic (exact) mass is 378 g/mol. The Bertz CT molecular complexity index is 892. The first-order valence-electron chi connectivity index (χ1n) is 6.43. The second-order valence-electron chi connectivity index (χ2n) is 4.76. The standard InChI is InChI=1S/C15H10ClF3O4S/c1-9(20)10-3-2-4-11(7-10)23-24(21,22)12-5-6-14(16)13(8-12)15(17,18)19/h2-8H,1H3. The minimum atomic E-state index is -4.81. The first kappa shape index (κ1) is 18.3. The van der Waals surface area contributed by atoms with Crippen molar-refractivity contribution in [3.63, 3.8) is 0 Å². The lowest BCUT2D eigenvalue weighted by atomic mass is 10.1. The Kier molecular flexibility index (Phi) is 4.91. The second kappa shape index (κ2) is 6.45. The fourth-order valence-corrected chi connectivity index (χ4v) is 2.99. The predicted octanol–water partition coefficient (Wildman–Crippen LogP) is 4.33. The molecule has 0 N–H and O–H groups in total. The van der Waals surface area contributed by atoms with E-state index in [9.17, 15) is 26.4 Å². The second-order valence-corrected chi connectivity index (χ2v) is 6.71. The summed E-state index contributed by atoms with van der Waals surface area (Å²) in [4.78, 5) is 10.6. The van der Waals surface area contributed by atoms with Crippen LogP contribution in [0.5, 0.6) is 5.75 Å². The lowest BCUT2D eigenvalue weighted by Crippen LogP contribution is -2.13. The van der Waals surface area contributed by atoms with Crippen molar-refractivity contribution in [1.82, 2.24) is 0 Å². The molecule has 0 aliphatic rings. The number of rotatable bonds is 4. The number of Topliss-reactive ketones (excluding diaryl/α,β-unsaturated/α-hetero) is 1. The van der Waals surface area contributed by atoms with Crippen molar-refractivity contribution in [2.24, 2.45) is 0 Å². The fraction of sp³-hybridized carbons (Fsp3) is 0.133. The molecular weight excluding hydrogens is 369 g/mol. The maximum atomic E-state index is 12.8. The van der Waals surface area contributed by atoms with E-state index in [0.29, 0.717) is 6.07 Å². The van der Waals surface area contributed by atoms with Crippen molar-refractivity contribution in [2.75, 3.05) is 0 Å². The van der Waals surface area contributed by atoms with E-state index >= 15 is 0 Å². The summed E-state index contributed by atoms with van der Waals surface area (Å²) in [5, 5.41) is -0.625. The molecule has 2 rings (SSSR count). The average molecular weight is 379 g/mol. The van der Waals surface area contributed by atoms with E-state index in [-0.39, 0.29) is 17.1 Å². The van der Waals surface area contributed by atoms with Gasteiger partial charge in [0, 0.05) is 5.56 Å². The summed E-state index contributed by atoms with van der Waals surface area (Å²) in [6.45, 7) is 1.28. The van der Waals surface area contributed by atoms with Gasteiger partial charge in [-0.1, -0.05) is 23.7 Å². The molecule has 24 heavy (non-hydrogen) atoms. The van der Waals surface area contributed by atoms with Crippen LogP contribution in [-0.4, -0.2) is 14.2 Å². The van der Waals surface area contributed by atoms with Crippen LogP contribution in [0.1, 0.15) is 22.8 Å². The maximum absolute atomic E-state index is 12.8. The SMILES string of the molecule is CC(=O)c1cccc(OS(=O)(=O)c2ccc(Cl)c(C(F)(F)F)c2)c1. The minimum absolute atomic E-state index is 0.189. The number of hydrogen-bond donors (Lipinski definition) is 0. The van der Waals surface area contributed by atoms with E-state index in [0.717, 1.165) is 12.1 Å². The van der Waals surface area contributed by atoms with Crippen LogP contribution in [0.4, 0.5) is 13.2 Å². The van der Waals surface area contributed by atoms with E-state index in [2.05, 4.69) is 0 Å². The van der Waals surface area contributed by atoms with Crippen LogP contribution >= 0.6 is 11.6 Å². The third-order valence-corrected chi connectivity index (χ3v) is 4.55. The van der Waals surface area contributed by atoms with Gasteiger partial charge in [0.15, 0.2) is 5.78 Å². The molecular formula is C15H10ClF3O4S. The summed E-state index contributed by atoms with van der Waals surface area (Å²) < 4.78 is 67.6. The van der Waals surface area contributed by atoms with Gasteiger partial charge in [-0.25, -0.2) is 0 Å². The van der Waals surface area contributed by atoms with Gasteiger partial charge in [0.25, 0.3) is 0 Å². The number of alkyl halides is 3. The Balaban J connectivity index is 2.41. The summed E-state index contributed by atoms with van der Waals surface area (Å²) in [6, 6.07) is 7.42. The Morgan fingerprint density at radius 3 is 2.38 bits per heavy atom. The van der Waals surface area contributed by atoms with E-state index in [4.69, 9.17) is 15.8 Å². The van der Waals surface area contributed by atoms with Crippen molar-refractivity contribution in [3.8, 4) is 5.75 Å². The molecule has 2 aromatic carbocycles. The van der Waals surface area contributed by atoms with Gasteiger partial charge in [-0.3, -0.25) is 4.79 Å². The lowest BCUT2D eigenvalue weighted by molar-refractivity contribution is -0.137. The molecule has 9 heteroatoms. The summed E-state index contributed by atoms with van der Waals surface area (Å²) in [5.74, 6) is -0.505. The van der Waals surface area contributed by atoms with Gasteiger partial charge in [-0.15, -0.1) is 0 Å². The normalized spacial score (nSPS) is 12.0. The Labute approximate surface area is 140 Å². The summed E-state index contributed by atoms with van der Waals surface area (Å²) >= 11 is 5.45. The topological polar surface area (TPSA) is 60.4 Å². The fourth-order valence-electron chi connectivity index (χ4n) is 1.82. The zero-order chi connectivity index (χ0) is 18.1. The first-order valence-corrected chi connectivity index (χ1v) is 8.21. The number of carbonyl (C=O) groups is 1. The average Bonchev–Trinajstić information content (AvgIpc) is 2.46. The largest absolute Gasteiger partial charge is 0.417 e. The van der Waals surface area contributed by atoms with E-state index in [1.165, 1.54) is 31.2 Å². The van der Waals surface area contributed by atoms with Crippen LogP contribution in [0.25, 0.3) is 0 Å². The number of benzene rings is 2. The molecule has 0 saturated carbocycles. The van der Waals surface area contributed by atoms with Gasteiger partial charge < -0.3 is 4.18 Å². The molecule has 0 radical (unpaired) electrons. The van der Waals surface area contributed by atoms with Gasteiger partial charge in [0.1, 0.15) is 10.6 Å². The third kappa shape index (κ3) is 4.07. The molecule has 0 heterocycles. The molecule has 0 spiro atoms. The van der Waals surface area contributed by atoms with Crippen molar-refractivity contribution < 1.29 is 30.6 Å². The molecule has 0 amide bonds. The number of halogens is 4. The molecule has 0 atom stereocenters. The minimum Gasteiger partial charge on any atom is -0.379 e. The summed E-state index contributed by atoms with van der Waals surface area (Å²) in [6.07, 6.45) is -4.81. The number of carbonyl (C=O) groups excluding carboxylic acids is 1. The molecule has 0 bridgehead atoms. The van der Waals surface area contributed by atoms with Gasteiger partial charge >= 0.3 is 16.3 Å². The molecule has 0 unspecified atom stereocenters. The van der Waals surface area contributed by atoms with Crippen molar-refractivity contribution in [2.45, 2.75) is 18.0 Å². The van der Waals surface area contributed by atoms with Crippen LogP contribution in [-0.2, 0) is 16.3 Å². The molecule has 4 nitrogen and oxygen atoms in total. The molecule has 0 fully saturated rings. The smallest absolute Gasteiger partial charge is 0.379 e. The highest BCUT2D eigenvalue weighted by Gasteiger charge is 2.34.